The molecule has 194 valence electrons. The third-order valence-corrected chi connectivity index (χ3v) is 7.91. The first kappa shape index (κ1) is 25.3. The average molecular weight is 523 g/mol. The van der Waals surface area contributed by atoms with Gasteiger partial charge in [0.2, 0.25) is 0 Å². The standard InChI is InChI=1S/C27H30N4O5S/c1-16-7-8-19-20(13-16)26(34)31(25(19)33)11-4-10-28-18-9-12-30(15-18)23-17(5-3-6-21(23)36-2)14-22-24(32)29-27(35)37-22/h3,5-8,14,16,18,28H,4,9-13,15H2,1-2H3,(H,29,32,35)/b22-14-/t16?,18-/m0/s1. The molecule has 0 aromatic heterocycles. The van der Waals surface area contributed by atoms with Gasteiger partial charge in [-0.3, -0.25) is 29.4 Å². The van der Waals surface area contributed by atoms with Crippen LogP contribution < -0.4 is 20.3 Å². The van der Waals surface area contributed by atoms with E-state index in [-0.39, 0.29) is 34.9 Å². The molecule has 1 unspecified atom stereocenters. The molecule has 10 heteroatoms. The van der Waals surface area contributed by atoms with Gasteiger partial charge in [0, 0.05) is 42.4 Å². The molecule has 1 aromatic carbocycles. The zero-order valence-electron chi connectivity index (χ0n) is 20.9. The fourth-order valence-corrected chi connectivity index (χ4v) is 5.94. The van der Waals surface area contributed by atoms with Crippen molar-refractivity contribution < 1.29 is 23.9 Å². The number of thioether (sulfide) groups is 1. The highest BCUT2D eigenvalue weighted by molar-refractivity contribution is 8.18. The Labute approximate surface area is 220 Å². The Bertz CT molecular complexity index is 1250. The van der Waals surface area contributed by atoms with Crippen molar-refractivity contribution in [2.24, 2.45) is 5.92 Å². The Morgan fingerprint density at radius 3 is 2.81 bits per heavy atom. The van der Waals surface area contributed by atoms with Crippen molar-refractivity contribution in [3.05, 3.63) is 52.0 Å². The molecule has 4 aliphatic rings. The number of imide groups is 2. The van der Waals surface area contributed by atoms with Crippen LogP contribution in [0.2, 0.25) is 0 Å². The van der Waals surface area contributed by atoms with Crippen LogP contribution in [0.5, 0.6) is 5.75 Å². The molecule has 0 bridgehead atoms. The van der Waals surface area contributed by atoms with E-state index in [4.69, 9.17) is 4.74 Å². The van der Waals surface area contributed by atoms with Gasteiger partial charge in [0.1, 0.15) is 5.75 Å². The molecule has 0 saturated carbocycles. The number of benzene rings is 1. The number of nitrogens with one attached hydrogen (secondary N) is 2. The topological polar surface area (TPSA) is 108 Å². The lowest BCUT2D eigenvalue weighted by atomic mass is 9.92. The number of hydrogen-bond acceptors (Lipinski definition) is 8. The number of hydrogen-bond donors (Lipinski definition) is 2. The second-order valence-corrected chi connectivity index (χ2v) is 10.7. The fourth-order valence-electron chi connectivity index (χ4n) is 5.26. The molecule has 5 rings (SSSR count). The fraction of sp³-hybridized carbons (Fsp3) is 0.407. The zero-order chi connectivity index (χ0) is 26.1. The summed E-state index contributed by atoms with van der Waals surface area (Å²) < 4.78 is 5.62. The molecule has 2 atom stereocenters. The van der Waals surface area contributed by atoms with Crippen molar-refractivity contribution >= 4 is 46.5 Å². The minimum absolute atomic E-state index is 0.142. The van der Waals surface area contributed by atoms with Gasteiger partial charge in [0.25, 0.3) is 23.0 Å². The smallest absolute Gasteiger partial charge is 0.290 e. The summed E-state index contributed by atoms with van der Waals surface area (Å²) in [6, 6.07) is 5.90. The molecular formula is C27H30N4O5S. The van der Waals surface area contributed by atoms with Crippen LogP contribution in [0.4, 0.5) is 10.5 Å². The van der Waals surface area contributed by atoms with E-state index >= 15 is 0 Å². The van der Waals surface area contributed by atoms with Crippen LogP contribution in [0.25, 0.3) is 6.08 Å². The molecule has 4 amide bonds. The molecule has 9 nitrogen and oxygen atoms in total. The predicted octanol–water partition coefficient (Wildman–Crippen LogP) is 2.84. The lowest BCUT2D eigenvalue weighted by Crippen LogP contribution is -2.37. The van der Waals surface area contributed by atoms with Crippen LogP contribution in [0.1, 0.15) is 31.7 Å². The molecule has 2 saturated heterocycles. The van der Waals surface area contributed by atoms with Crippen LogP contribution in [0, 0.1) is 5.92 Å². The molecule has 37 heavy (non-hydrogen) atoms. The number of rotatable bonds is 8. The summed E-state index contributed by atoms with van der Waals surface area (Å²) in [6.07, 6.45) is 7.75. The molecule has 1 aliphatic carbocycles. The van der Waals surface area contributed by atoms with Crippen molar-refractivity contribution in [1.82, 2.24) is 15.5 Å². The minimum atomic E-state index is -0.388. The van der Waals surface area contributed by atoms with Crippen LogP contribution in [0.3, 0.4) is 0 Å². The summed E-state index contributed by atoms with van der Waals surface area (Å²) in [5.74, 6) is 0.275. The van der Waals surface area contributed by atoms with Gasteiger partial charge in [-0.05, 0) is 55.6 Å². The van der Waals surface area contributed by atoms with Crippen molar-refractivity contribution in [3.8, 4) is 5.75 Å². The van der Waals surface area contributed by atoms with Crippen molar-refractivity contribution in [3.63, 3.8) is 0 Å². The Morgan fingerprint density at radius 2 is 2.05 bits per heavy atom. The summed E-state index contributed by atoms with van der Waals surface area (Å²) in [6.45, 7) is 4.69. The maximum atomic E-state index is 12.7. The molecule has 1 aromatic rings. The molecule has 2 N–H and O–H groups in total. The summed E-state index contributed by atoms with van der Waals surface area (Å²) in [7, 11) is 1.62. The first-order chi connectivity index (χ1) is 17.9. The Hall–Kier alpha value is -3.37. The number of nitrogens with zero attached hydrogens (tertiary/aromatic N) is 2. The van der Waals surface area contributed by atoms with E-state index < -0.39 is 0 Å². The van der Waals surface area contributed by atoms with E-state index in [2.05, 4.69) is 15.5 Å². The van der Waals surface area contributed by atoms with Crippen LogP contribution in [-0.2, 0) is 14.4 Å². The maximum absolute atomic E-state index is 12.7. The number of allylic oxidation sites excluding steroid dienone is 1. The maximum Gasteiger partial charge on any atom is 0.290 e. The Balaban J connectivity index is 1.17. The van der Waals surface area contributed by atoms with E-state index in [0.29, 0.717) is 47.7 Å². The average Bonchev–Trinajstić information content (AvgIpc) is 3.54. The molecule has 2 fully saturated rings. The number of carbonyl (C=O) groups is 4. The van der Waals surface area contributed by atoms with Crippen molar-refractivity contribution in [2.45, 2.75) is 32.2 Å². The number of anilines is 1. The van der Waals surface area contributed by atoms with E-state index in [1.54, 1.807) is 19.3 Å². The Morgan fingerprint density at radius 1 is 1.22 bits per heavy atom. The number of methoxy groups -OCH3 is 1. The quantitative estimate of drug-likeness (QED) is 0.305. The van der Waals surface area contributed by atoms with Gasteiger partial charge in [-0.1, -0.05) is 31.2 Å². The van der Waals surface area contributed by atoms with Gasteiger partial charge >= 0.3 is 0 Å². The lowest BCUT2D eigenvalue weighted by Gasteiger charge is -2.24. The van der Waals surface area contributed by atoms with Gasteiger partial charge in [-0.2, -0.15) is 0 Å². The zero-order valence-corrected chi connectivity index (χ0v) is 21.7. The summed E-state index contributed by atoms with van der Waals surface area (Å²) >= 11 is 0.896. The number of para-hydroxylation sites is 1. The third-order valence-electron chi connectivity index (χ3n) is 7.10. The van der Waals surface area contributed by atoms with E-state index in [9.17, 15) is 19.2 Å². The normalized spacial score (nSPS) is 24.5. The summed E-state index contributed by atoms with van der Waals surface area (Å²) in [5.41, 5.74) is 2.92. The van der Waals surface area contributed by atoms with E-state index in [1.165, 1.54) is 4.90 Å². The molecule has 3 aliphatic heterocycles. The van der Waals surface area contributed by atoms with Crippen molar-refractivity contribution in [2.75, 3.05) is 38.2 Å². The van der Waals surface area contributed by atoms with E-state index in [0.717, 1.165) is 42.5 Å². The highest BCUT2D eigenvalue weighted by atomic mass is 32.2. The van der Waals surface area contributed by atoms with Crippen LogP contribution >= 0.6 is 11.8 Å². The third kappa shape index (κ3) is 5.08. The second-order valence-electron chi connectivity index (χ2n) is 9.68. The number of ether oxygens (including phenoxy) is 1. The summed E-state index contributed by atoms with van der Waals surface area (Å²) in [4.78, 5) is 53.0. The molecular weight excluding hydrogens is 492 g/mol. The SMILES string of the molecule is COc1cccc(/C=C2\SC(=O)NC2=O)c1N1CC[C@H](NCCCN2C(=O)C3=C(CC(C)C=C3)C2=O)C1. The highest BCUT2D eigenvalue weighted by Crippen LogP contribution is 2.37. The van der Waals surface area contributed by atoms with Gasteiger partial charge in [0.15, 0.2) is 0 Å². The van der Waals surface area contributed by atoms with Crippen LogP contribution in [-0.4, -0.2) is 67.2 Å². The minimum Gasteiger partial charge on any atom is -0.495 e. The first-order valence-corrected chi connectivity index (χ1v) is 13.3. The van der Waals surface area contributed by atoms with E-state index in [1.807, 2.05) is 31.2 Å². The predicted molar refractivity (Wildman–Crippen MR) is 142 cm³/mol. The summed E-state index contributed by atoms with van der Waals surface area (Å²) in [5, 5.41) is 5.48. The molecule has 0 radical (unpaired) electrons. The van der Waals surface area contributed by atoms with Crippen molar-refractivity contribution in [1.29, 1.82) is 0 Å². The monoisotopic (exact) mass is 522 g/mol. The molecule has 3 heterocycles. The highest BCUT2D eigenvalue weighted by Gasteiger charge is 2.38. The largest absolute Gasteiger partial charge is 0.495 e. The Kier molecular flexibility index (Phi) is 7.21. The van der Waals surface area contributed by atoms with Gasteiger partial charge in [-0.25, -0.2) is 0 Å². The second kappa shape index (κ2) is 10.5. The van der Waals surface area contributed by atoms with Gasteiger partial charge in [-0.15, -0.1) is 0 Å². The number of carbonyl (C=O) groups excluding carboxylic acids is 4. The first-order valence-electron chi connectivity index (χ1n) is 12.5. The van der Waals surface area contributed by atoms with Gasteiger partial charge < -0.3 is 15.0 Å². The van der Waals surface area contributed by atoms with Gasteiger partial charge in [0.05, 0.1) is 17.7 Å². The number of amides is 4. The molecule has 0 spiro atoms. The lowest BCUT2D eigenvalue weighted by molar-refractivity contribution is -0.137. The van der Waals surface area contributed by atoms with Crippen LogP contribution in [0.15, 0.2) is 46.4 Å².